The van der Waals surface area contributed by atoms with Crippen molar-refractivity contribution in [3.63, 3.8) is 0 Å². The molecule has 20 heavy (non-hydrogen) atoms. The van der Waals surface area contributed by atoms with Crippen LogP contribution in [0, 0.1) is 0 Å². The van der Waals surface area contributed by atoms with Crippen LogP contribution in [0.25, 0.3) is 0 Å². The number of nitrogens with zero attached hydrogens (tertiary/aromatic N) is 3. The average molecular weight is 283 g/mol. The van der Waals surface area contributed by atoms with Crippen LogP contribution in [0.2, 0.25) is 0 Å². The molecular weight excluding hydrogens is 256 g/mol. The number of aromatic amines is 1. The lowest BCUT2D eigenvalue weighted by atomic mass is 10.3. The van der Waals surface area contributed by atoms with Crippen LogP contribution in [-0.4, -0.2) is 52.5 Å². The molecule has 6 heteroatoms. The zero-order chi connectivity index (χ0) is 15.5. The number of imidazole rings is 1. The van der Waals surface area contributed by atoms with Crippen LogP contribution < -0.4 is 4.98 Å². The predicted molar refractivity (Wildman–Crippen MR) is 78.3 cm³/mol. The van der Waals surface area contributed by atoms with E-state index in [0.29, 0.717) is 26.2 Å². The van der Waals surface area contributed by atoms with Gasteiger partial charge in [-0.05, 0) is 0 Å². The summed E-state index contributed by atoms with van der Waals surface area (Å²) in [6.45, 7) is 12.0. The van der Waals surface area contributed by atoms with E-state index < -0.39 is 0 Å². The summed E-state index contributed by atoms with van der Waals surface area (Å²) in [5, 5.41) is 0. The maximum Gasteiger partial charge on any atom is 0.415 e. The summed E-state index contributed by atoms with van der Waals surface area (Å²) in [6, 6.07) is -0.0514. The smallest absolute Gasteiger partial charge is 0.339 e. The lowest BCUT2D eigenvalue weighted by Gasteiger charge is -2.32. The van der Waals surface area contributed by atoms with Crippen molar-refractivity contribution in [2.75, 3.05) is 26.2 Å². The molecule has 1 aromatic heterocycles. The van der Waals surface area contributed by atoms with Crippen LogP contribution >= 0.6 is 0 Å². The number of nitrogens with one attached hydrogen (secondary N) is 1. The van der Waals surface area contributed by atoms with Crippen molar-refractivity contribution in [2.24, 2.45) is 0 Å². The van der Waals surface area contributed by atoms with Gasteiger partial charge in [0.05, 0.1) is 0 Å². The summed E-state index contributed by atoms with van der Waals surface area (Å²) < 4.78 is 1.50. The first-order valence-electron chi connectivity index (χ1n) is 7.27. The Balaban J connectivity index is 0.000000829. The molecule has 2 rings (SSSR count). The molecule has 0 aromatic carbocycles. The quantitative estimate of drug-likeness (QED) is 0.724. The molecule has 1 aromatic rings. The highest BCUT2D eigenvalue weighted by molar-refractivity contribution is 5.77. The number of rotatable bonds is 0. The van der Waals surface area contributed by atoms with Gasteiger partial charge in [-0.3, -0.25) is 4.79 Å². The fourth-order valence-electron chi connectivity index (χ4n) is 1.78. The van der Waals surface area contributed by atoms with Crippen molar-refractivity contribution in [1.82, 2.24) is 14.4 Å². The zero-order valence-electron chi connectivity index (χ0n) is 13.2. The maximum absolute atomic E-state index is 11.9. The molecule has 1 saturated heterocycles. The van der Waals surface area contributed by atoms with Gasteiger partial charge < -0.3 is 9.80 Å². The van der Waals surface area contributed by atoms with Crippen LogP contribution in [0.1, 0.15) is 34.6 Å². The topological polar surface area (TPSA) is 59.7 Å². The molecule has 1 aliphatic heterocycles. The van der Waals surface area contributed by atoms with Crippen molar-refractivity contribution in [3.05, 3.63) is 18.7 Å². The first kappa shape index (κ1) is 18.1. The minimum Gasteiger partial charge on any atom is -0.339 e. The van der Waals surface area contributed by atoms with E-state index in [9.17, 15) is 9.59 Å². The Morgan fingerprint density at radius 1 is 0.950 bits per heavy atom. The molecule has 2 heterocycles. The Bertz CT molecular complexity index is 382. The van der Waals surface area contributed by atoms with E-state index >= 15 is 0 Å². The number of hydrogen-bond acceptors (Lipinski definition) is 2. The number of hydrogen-bond donors (Lipinski definition) is 0. The number of aromatic nitrogens is 2. The van der Waals surface area contributed by atoms with Crippen LogP contribution in [0.15, 0.2) is 18.7 Å². The molecule has 0 saturated carbocycles. The summed E-state index contributed by atoms with van der Waals surface area (Å²) in [6.07, 6.45) is 4.99. The van der Waals surface area contributed by atoms with Crippen LogP contribution in [-0.2, 0) is 4.79 Å². The summed E-state index contributed by atoms with van der Waals surface area (Å²) in [5.74, 6) is 0.0707. The second-order valence-electron chi connectivity index (χ2n) is 3.79. The zero-order valence-corrected chi connectivity index (χ0v) is 13.2. The number of carbonyl (C=O) groups excluding carboxylic acids is 2. The van der Waals surface area contributed by atoms with Crippen LogP contribution in [0.4, 0.5) is 4.79 Å². The van der Waals surface area contributed by atoms with E-state index in [4.69, 9.17) is 0 Å². The second-order valence-corrected chi connectivity index (χ2v) is 3.79. The lowest BCUT2D eigenvalue weighted by Crippen LogP contribution is -2.51. The van der Waals surface area contributed by atoms with Gasteiger partial charge >= 0.3 is 6.03 Å². The van der Waals surface area contributed by atoms with E-state index in [1.807, 2.05) is 27.7 Å². The fraction of sp³-hybridized carbons (Fsp3) is 0.643. The molecule has 0 unspecified atom stereocenters. The van der Waals surface area contributed by atoms with E-state index in [-0.39, 0.29) is 11.9 Å². The molecule has 0 aliphatic carbocycles. The first-order chi connectivity index (χ1) is 9.68. The highest BCUT2D eigenvalue weighted by atomic mass is 16.2. The third-order valence-corrected chi connectivity index (χ3v) is 2.76. The molecule has 0 atom stereocenters. The summed E-state index contributed by atoms with van der Waals surface area (Å²) in [5.41, 5.74) is 0. The van der Waals surface area contributed by atoms with Gasteiger partial charge in [0, 0.05) is 33.1 Å². The molecule has 0 spiro atoms. The van der Waals surface area contributed by atoms with Crippen molar-refractivity contribution in [2.45, 2.75) is 34.6 Å². The van der Waals surface area contributed by atoms with Crippen molar-refractivity contribution >= 4 is 11.9 Å². The van der Waals surface area contributed by atoms with Gasteiger partial charge in [0.2, 0.25) is 5.91 Å². The molecule has 1 fully saturated rings. The Morgan fingerprint density at radius 3 is 1.85 bits per heavy atom. The Labute approximate surface area is 121 Å². The SMILES string of the molecule is CC.CC.CC(=O)N1CCN(C(=O)n2cc[nH+]c2)CC1. The molecule has 0 bridgehead atoms. The minimum atomic E-state index is -0.0514. The van der Waals surface area contributed by atoms with Crippen molar-refractivity contribution in [1.29, 1.82) is 0 Å². The summed E-state index contributed by atoms with van der Waals surface area (Å²) in [4.78, 5) is 29.3. The van der Waals surface area contributed by atoms with Crippen LogP contribution in [0.3, 0.4) is 0 Å². The summed E-state index contributed by atoms with van der Waals surface area (Å²) >= 11 is 0. The molecule has 6 nitrogen and oxygen atoms in total. The Hall–Kier alpha value is -1.85. The van der Waals surface area contributed by atoms with E-state index in [2.05, 4.69) is 4.98 Å². The molecule has 1 N–H and O–H groups in total. The van der Waals surface area contributed by atoms with Gasteiger partial charge in [-0.2, -0.15) is 4.57 Å². The van der Waals surface area contributed by atoms with E-state index in [1.54, 1.807) is 35.4 Å². The normalized spacial score (nSPS) is 13.7. The van der Waals surface area contributed by atoms with Gasteiger partial charge in [-0.25, -0.2) is 9.78 Å². The van der Waals surface area contributed by atoms with Gasteiger partial charge in [0.15, 0.2) is 0 Å². The highest BCUT2D eigenvalue weighted by Crippen LogP contribution is 2.04. The number of carbonyl (C=O) groups is 2. The molecule has 1 aliphatic rings. The molecule has 114 valence electrons. The minimum absolute atomic E-state index is 0.0514. The lowest BCUT2D eigenvalue weighted by molar-refractivity contribution is -0.376. The largest absolute Gasteiger partial charge is 0.415 e. The monoisotopic (exact) mass is 283 g/mol. The number of H-pyrrole nitrogens is 1. The maximum atomic E-state index is 11.9. The molecular formula is C14H27N4O2+. The number of piperazine rings is 1. The second kappa shape index (κ2) is 10.00. The standard InChI is InChI=1S/C10H14N4O2.2C2H6/c1-9(15)12-4-6-13(7-5-12)10(16)14-3-2-11-8-14;2*1-2/h2-3,8H,4-7H2,1H3;2*1-2H3/p+1. The Morgan fingerprint density at radius 2 is 1.45 bits per heavy atom. The fourth-order valence-corrected chi connectivity index (χ4v) is 1.78. The summed E-state index contributed by atoms with van der Waals surface area (Å²) in [7, 11) is 0. The van der Waals surface area contributed by atoms with Crippen molar-refractivity contribution in [3.8, 4) is 0 Å². The van der Waals surface area contributed by atoms with Crippen LogP contribution in [0.5, 0.6) is 0 Å². The predicted octanol–water partition coefficient (Wildman–Crippen LogP) is 1.49. The molecule has 0 radical (unpaired) electrons. The first-order valence-corrected chi connectivity index (χ1v) is 7.27. The highest BCUT2D eigenvalue weighted by Gasteiger charge is 2.25. The van der Waals surface area contributed by atoms with Gasteiger partial charge in [0.25, 0.3) is 6.33 Å². The van der Waals surface area contributed by atoms with E-state index in [0.717, 1.165) is 0 Å². The number of amides is 2. The average Bonchev–Trinajstić information content (AvgIpc) is 3.05. The third kappa shape index (κ3) is 5.03. The van der Waals surface area contributed by atoms with Gasteiger partial charge in [0.1, 0.15) is 12.4 Å². The van der Waals surface area contributed by atoms with Gasteiger partial charge in [-0.1, -0.05) is 27.7 Å². The third-order valence-electron chi connectivity index (χ3n) is 2.76. The van der Waals surface area contributed by atoms with Crippen molar-refractivity contribution < 1.29 is 14.6 Å². The van der Waals surface area contributed by atoms with Gasteiger partial charge in [-0.15, -0.1) is 0 Å². The molecule has 2 amide bonds. The Kier molecular flexibility index (Phi) is 9.07. The van der Waals surface area contributed by atoms with E-state index in [1.165, 1.54) is 4.57 Å².